The molecule has 5 heteroatoms. The first-order valence-electron chi connectivity index (χ1n) is 6.26. The first-order valence-corrected chi connectivity index (χ1v) is 6.64. The summed E-state index contributed by atoms with van der Waals surface area (Å²) in [5.41, 5.74) is 8.24. The fourth-order valence-corrected chi connectivity index (χ4v) is 2.27. The largest absolute Gasteiger partial charge is 0.460 e. The van der Waals surface area contributed by atoms with Gasteiger partial charge < -0.3 is 10.2 Å². The lowest BCUT2D eigenvalue weighted by molar-refractivity contribution is 0.544. The summed E-state index contributed by atoms with van der Waals surface area (Å²) in [6.07, 6.45) is 1.79. The minimum absolute atomic E-state index is 0.573. The molecule has 0 saturated heterocycles. The van der Waals surface area contributed by atoms with Gasteiger partial charge in [-0.3, -0.25) is 4.68 Å². The van der Waals surface area contributed by atoms with Crippen LogP contribution in [0, 0.1) is 6.92 Å². The number of hydrogen-bond acceptors (Lipinski definition) is 3. The van der Waals surface area contributed by atoms with Crippen LogP contribution in [0.5, 0.6) is 0 Å². The molecule has 3 aromatic rings. The smallest absolute Gasteiger partial charge is 0.156 e. The van der Waals surface area contributed by atoms with Gasteiger partial charge in [0.1, 0.15) is 5.76 Å². The predicted octanol–water partition coefficient (Wildman–Crippen LogP) is 3.74. The fraction of sp³-hybridized carbons (Fsp3) is 0.133. The topological polar surface area (TPSA) is 57.0 Å². The summed E-state index contributed by atoms with van der Waals surface area (Å²) < 4.78 is 7.32. The average molecular weight is 288 g/mol. The Labute approximate surface area is 121 Å². The van der Waals surface area contributed by atoms with Gasteiger partial charge in [-0.2, -0.15) is 5.10 Å². The molecule has 0 unspecified atom stereocenters. The minimum Gasteiger partial charge on any atom is -0.460 e. The predicted molar refractivity (Wildman–Crippen MR) is 79.6 cm³/mol. The molecule has 20 heavy (non-hydrogen) atoms. The van der Waals surface area contributed by atoms with Crippen LogP contribution < -0.4 is 5.73 Å². The summed E-state index contributed by atoms with van der Waals surface area (Å²) in [5, 5.41) is 5.19. The first kappa shape index (κ1) is 12.8. The normalized spacial score (nSPS) is 10.9. The highest BCUT2D eigenvalue weighted by atomic mass is 35.5. The second kappa shape index (κ2) is 5.06. The van der Waals surface area contributed by atoms with Crippen molar-refractivity contribution in [2.24, 2.45) is 0 Å². The number of nitrogens with two attached hydrogens (primary N) is 1. The Balaban J connectivity index is 1.91. The van der Waals surface area contributed by atoms with E-state index in [0.29, 0.717) is 23.7 Å². The molecule has 0 aliphatic rings. The van der Waals surface area contributed by atoms with Crippen LogP contribution in [-0.4, -0.2) is 9.78 Å². The summed E-state index contributed by atoms with van der Waals surface area (Å²) in [4.78, 5) is 0. The molecule has 2 aromatic heterocycles. The Morgan fingerprint density at radius 2 is 2.05 bits per heavy atom. The van der Waals surface area contributed by atoms with Gasteiger partial charge in [0.15, 0.2) is 11.5 Å². The van der Waals surface area contributed by atoms with E-state index in [-0.39, 0.29) is 0 Å². The van der Waals surface area contributed by atoms with Crippen LogP contribution in [0.15, 0.2) is 47.0 Å². The number of rotatable bonds is 3. The zero-order valence-electron chi connectivity index (χ0n) is 11.0. The van der Waals surface area contributed by atoms with E-state index in [1.807, 2.05) is 43.3 Å². The third-order valence-corrected chi connectivity index (χ3v) is 3.42. The molecule has 0 bridgehead atoms. The maximum atomic E-state index is 6.15. The molecule has 2 heterocycles. The second-order valence-electron chi connectivity index (χ2n) is 4.63. The number of aromatic nitrogens is 2. The van der Waals surface area contributed by atoms with Crippen LogP contribution >= 0.6 is 11.6 Å². The van der Waals surface area contributed by atoms with Gasteiger partial charge in [0.25, 0.3) is 0 Å². The number of halogens is 1. The van der Waals surface area contributed by atoms with Crippen molar-refractivity contribution in [1.29, 1.82) is 0 Å². The fourth-order valence-electron chi connectivity index (χ4n) is 2.07. The molecule has 3 rings (SSSR count). The van der Waals surface area contributed by atoms with Gasteiger partial charge >= 0.3 is 0 Å². The van der Waals surface area contributed by atoms with Gasteiger partial charge in [-0.05, 0) is 30.7 Å². The SMILES string of the molecule is Cc1ccc(-c2nn(Cc3ccccc3Cl)cc2N)o1. The van der Waals surface area contributed by atoms with Gasteiger partial charge in [0.2, 0.25) is 0 Å². The quantitative estimate of drug-likeness (QED) is 0.798. The van der Waals surface area contributed by atoms with E-state index in [2.05, 4.69) is 5.10 Å². The van der Waals surface area contributed by atoms with E-state index in [1.165, 1.54) is 0 Å². The lowest BCUT2D eigenvalue weighted by Gasteiger charge is -2.03. The number of furan rings is 1. The Kier molecular flexibility index (Phi) is 3.24. The van der Waals surface area contributed by atoms with E-state index < -0.39 is 0 Å². The van der Waals surface area contributed by atoms with Gasteiger partial charge in [-0.1, -0.05) is 29.8 Å². The molecule has 2 N–H and O–H groups in total. The molecule has 1 aromatic carbocycles. The number of nitrogens with zero attached hydrogens (tertiary/aromatic N) is 2. The highest BCUT2D eigenvalue weighted by Crippen LogP contribution is 2.26. The molecule has 102 valence electrons. The zero-order valence-corrected chi connectivity index (χ0v) is 11.8. The molecule has 0 aliphatic carbocycles. The molecule has 0 radical (unpaired) electrons. The number of nitrogen functional groups attached to an aromatic ring is 1. The molecular weight excluding hydrogens is 274 g/mol. The van der Waals surface area contributed by atoms with Crippen molar-refractivity contribution in [3.8, 4) is 11.5 Å². The number of aryl methyl sites for hydroxylation is 1. The molecule has 0 spiro atoms. The molecule has 0 fully saturated rings. The van der Waals surface area contributed by atoms with Crippen molar-refractivity contribution in [3.63, 3.8) is 0 Å². The van der Waals surface area contributed by atoms with Gasteiger partial charge in [-0.25, -0.2) is 0 Å². The monoisotopic (exact) mass is 287 g/mol. The first-order chi connectivity index (χ1) is 9.63. The molecule has 0 amide bonds. The molecule has 0 saturated carbocycles. The average Bonchev–Trinajstić information content (AvgIpc) is 2.98. The lowest BCUT2D eigenvalue weighted by Crippen LogP contribution is -2.00. The lowest BCUT2D eigenvalue weighted by atomic mass is 10.2. The summed E-state index contributed by atoms with van der Waals surface area (Å²) in [6, 6.07) is 11.4. The Morgan fingerprint density at radius 1 is 1.25 bits per heavy atom. The number of benzene rings is 1. The third-order valence-electron chi connectivity index (χ3n) is 3.05. The maximum Gasteiger partial charge on any atom is 0.156 e. The van der Waals surface area contributed by atoms with Crippen molar-refractivity contribution >= 4 is 17.3 Å². The van der Waals surface area contributed by atoms with Gasteiger partial charge in [0, 0.05) is 11.2 Å². The van der Waals surface area contributed by atoms with Crippen molar-refractivity contribution in [3.05, 3.63) is 58.9 Å². The summed E-state index contributed by atoms with van der Waals surface area (Å²) in [5.74, 6) is 1.51. The Hall–Kier alpha value is -2.20. The third kappa shape index (κ3) is 2.42. The molecule has 0 atom stereocenters. The van der Waals surface area contributed by atoms with Crippen LogP contribution in [0.4, 0.5) is 5.69 Å². The van der Waals surface area contributed by atoms with Crippen LogP contribution in [-0.2, 0) is 6.54 Å². The summed E-state index contributed by atoms with van der Waals surface area (Å²) in [7, 11) is 0. The van der Waals surface area contributed by atoms with Crippen molar-refractivity contribution < 1.29 is 4.42 Å². The van der Waals surface area contributed by atoms with E-state index in [0.717, 1.165) is 16.3 Å². The highest BCUT2D eigenvalue weighted by molar-refractivity contribution is 6.31. The number of anilines is 1. The Bertz CT molecular complexity index is 745. The summed E-state index contributed by atoms with van der Waals surface area (Å²) >= 11 is 6.15. The molecule has 4 nitrogen and oxygen atoms in total. The van der Waals surface area contributed by atoms with Crippen molar-refractivity contribution in [2.75, 3.05) is 5.73 Å². The van der Waals surface area contributed by atoms with Crippen LogP contribution in [0.25, 0.3) is 11.5 Å². The summed E-state index contributed by atoms with van der Waals surface area (Å²) in [6.45, 7) is 2.46. The second-order valence-corrected chi connectivity index (χ2v) is 5.04. The minimum atomic E-state index is 0.573. The van der Waals surface area contributed by atoms with Crippen molar-refractivity contribution in [1.82, 2.24) is 9.78 Å². The maximum absolute atomic E-state index is 6.15. The van der Waals surface area contributed by atoms with Gasteiger partial charge in [-0.15, -0.1) is 0 Å². The number of hydrogen-bond donors (Lipinski definition) is 1. The van der Waals surface area contributed by atoms with E-state index >= 15 is 0 Å². The molecule has 0 aliphatic heterocycles. The van der Waals surface area contributed by atoms with E-state index in [4.69, 9.17) is 21.8 Å². The van der Waals surface area contributed by atoms with Crippen molar-refractivity contribution in [2.45, 2.75) is 13.5 Å². The Morgan fingerprint density at radius 3 is 2.75 bits per heavy atom. The standard InChI is InChI=1S/C15H14ClN3O/c1-10-6-7-14(20-10)15-13(17)9-19(18-15)8-11-4-2-3-5-12(11)16/h2-7,9H,8,17H2,1H3. The molecular formula is C15H14ClN3O. The van der Waals surface area contributed by atoms with Gasteiger partial charge in [0.05, 0.1) is 12.2 Å². The highest BCUT2D eigenvalue weighted by Gasteiger charge is 2.12. The van der Waals surface area contributed by atoms with E-state index in [1.54, 1.807) is 10.9 Å². The zero-order chi connectivity index (χ0) is 14.1. The van der Waals surface area contributed by atoms with E-state index in [9.17, 15) is 0 Å². The van der Waals surface area contributed by atoms with Crippen LogP contribution in [0.2, 0.25) is 5.02 Å². The van der Waals surface area contributed by atoms with Crippen LogP contribution in [0.3, 0.4) is 0 Å². The van der Waals surface area contributed by atoms with Crippen LogP contribution in [0.1, 0.15) is 11.3 Å².